The van der Waals surface area contributed by atoms with Crippen molar-refractivity contribution < 1.29 is 0 Å². The van der Waals surface area contributed by atoms with E-state index in [0.29, 0.717) is 6.04 Å². The van der Waals surface area contributed by atoms with Crippen molar-refractivity contribution in [3.05, 3.63) is 40.4 Å². The minimum absolute atomic E-state index is 0.329. The molecule has 2 aromatic rings. The number of hydrogen-bond acceptors (Lipinski definition) is 3. The number of hydrogen-bond donors (Lipinski definition) is 1. The summed E-state index contributed by atoms with van der Waals surface area (Å²) in [6, 6.07) is 6.94. The van der Waals surface area contributed by atoms with E-state index in [0.717, 1.165) is 23.7 Å². The lowest BCUT2D eigenvalue weighted by molar-refractivity contribution is 0.561. The van der Waals surface area contributed by atoms with Gasteiger partial charge in [-0.1, -0.05) is 24.1 Å². The molecule has 102 valence electrons. The number of rotatable bonds is 5. The van der Waals surface area contributed by atoms with Gasteiger partial charge >= 0.3 is 0 Å². The summed E-state index contributed by atoms with van der Waals surface area (Å²) in [4.78, 5) is 4.77. The molecule has 2 rings (SSSR count). The third kappa shape index (κ3) is 3.64. The van der Waals surface area contributed by atoms with E-state index in [1.807, 2.05) is 0 Å². The van der Waals surface area contributed by atoms with E-state index in [1.54, 1.807) is 11.3 Å². The van der Waals surface area contributed by atoms with Crippen molar-refractivity contribution in [2.75, 3.05) is 6.54 Å². The molecule has 0 aliphatic heterocycles. The van der Waals surface area contributed by atoms with Crippen molar-refractivity contribution >= 4 is 11.3 Å². The van der Waals surface area contributed by atoms with Gasteiger partial charge in [0.2, 0.25) is 0 Å². The predicted molar refractivity (Wildman–Crippen MR) is 83.7 cm³/mol. The zero-order valence-corrected chi connectivity index (χ0v) is 13.0. The van der Waals surface area contributed by atoms with Crippen molar-refractivity contribution in [3.8, 4) is 10.6 Å². The van der Waals surface area contributed by atoms with Crippen molar-refractivity contribution in [3.63, 3.8) is 0 Å². The fourth-order valence-electron chi connectivity index (χ4n) is 2.18. The van der Waals surface area contributed by atoms with Crippen molar-refractivity contribution in [1.82, 2.24) is 10.3 Å². The molecule has 0 aliphatic carbocycles. The highest BCUT2D eigenvalue weighted by atomic mass is 32.1. The largest absolute Gasteiger partial charge is 0.309 e. The molecule has 1 N–H and O–H groups in total. The highest BCUT2D eigenvalue weighted by molar-refractivity contribution is 7.13. The Kier molecular flexibility index (Phi) is 4.72. The van der Waals surface area contributed by atoms with Crippen LogP contribution >= 0.6 is 11.3 Å². The zero-order valence-electron chi connectivity index (χ0n) is 12.2. The molecule has 0 saturated heterocycles. The Morgan fingerprint density at radius 3 is 2.53 bits per heavy atom. The maximum Gasteiger partial charge on any atom is 0.123 e. The summed E-state index contributed by atoms with van der Waals surface area (Å²) in [6.07, 6.45) is 1.15. The number of thiazole rings is 1. The van der Waals surface area contributed by atoms with Crippen LogP contribution in [-0.4, -0.2) is 11.5 Å². The molecule has 19 heavy (non-hydrogen) atoms. The van der Waals surface area contributed by atoms with Crippen LogP contribution in [0.1, 0.15) is 43.1 Å². The monoisotopic (exact) mass is 274 g/mol. The minimum Gasteiger partial charge on any atom is -0.309 e. The summed E-state index contributed by atoms with van der Waals surface area (Å²) in [5.74, 6) is 0. The standard InChI is InChI=1S/C16H22N2S/c1-5-6-17-13(4)15-10-19-16(18-15)14-8-11(2)7-12(3)9-14/h7-10,13,17H,5-6H2,1-4H3. The van der Waals surface area contributed by atoms with Crippen LogP contribution in [0.3, 0.4) is 0 Å². The fraction of sp³-hybridized carbons (Fsp3) is 0.438. The Hall–Kier alpha value is -1.19. The maximum atomic E-state index is 4.77. The Labute approximate surface area is 119 Å². The van der Waals surface area contributed by atoms with Gasteiger partial charge in [-0.2, -0.15) is 0 Å². The second-order valence-corrected chi connectivity index (χ2v) is 5.99. The molecule has 0 saturated carbocycles. The van der Waals surface area contributed by atoms with Crippen LogP contribution in [0, 0.1) is 13.8 Å². The minimum atomic E-state index is 0.329. The smallest absolute Gasteiger partial charge is 0.123 e. The Morgan fingerprint density at radius 2 is 1.89 bits per heavy atom. The van der Waals surface area contributed by atoms with Gasteiger partial charge in [0.25, 0.3) is 0 Å². The zero-order chi connectivity index (χ0) is 13.8. The van der Waals surface area contributed by atoms with Crippen LogP contribution in [0.2, 0.25) is 0 Å². The number of nitrogens with zero attached hydrogens (tertiary/aromatic N) is 1. The Bertz CT molecular complexity index is 525. The molecule has 0 aliphatic rings. The summed E-state index contributed by atoms with van der Waals surface area (Å²) < 4.78 is 0. The summed E-state index contributed by atoms with van der Waals surface area (Å²) >= 11 is 1.73. The van der Waals surface area contributed by atoms with Gasteiger partial charge in [-0.25, -0.2) is 4.98 Å². The Morgan fingerprint density at radius 1 is 1.21 bits per heavy atom. The lowest BCUT2D eigenvalue weighted by atomic mass is 10.1. The van der Waals surface area contributed by atoms with Gasteiger partial charge < -0.3 is 5.32 Å². The highest BCUT2D eigenvalue weighted by Crippen LogP contribution is 2.27. The summed E-state index contributed by atoms with van der Waals surface area (Å²) in [6.45, 7) is 9.67. The topological polar surface area (TPSA) is 24.9 Å². The van der Waals surface area contributed by atoms with Gasteiger partial charge in [-0.3, -0.25) is 0 Å². The maximum absolute atomic E-state index is 4.77. The predicted octanol–water partition coefficient (Wildman–Crippen LogP) is 4.49. The van der Waals surface area contributed by atoms with Crippen LogP contribution in [0.5, 0.6) is 0 Å². The third-order valence-corrected chi connectivity index (χ3v) is 4.04. The lowest BCUT2D eigenvalue weighted by Crippen LogP contribution is -2.19. The molecule has 0 spiro atoms. The van der Waals surface area contributed by atoms with Crippen molar-refractivity contribution in [1.29, 1.82) is 0 Å². The van der Waals surface area contributed by atoms with Gasteiger partial charge in [0, 0.05) is 17.0 Å². The molecule has 1 aromatic heterocycles. The first kappa shape index (κ1) is 14.2. The van der Waals surface area contributed by atoms with Crippen molar-refractivity contribution in [2.24, 2.45) is 0 Å². The third-order valence-electron chi connectivity index (χ3n) is 3.13. The quantitative estimate of drug-likeness (QED) is 0.869. The molecule has 0 radical (unpaired) electrons. The van der Waals surface area contributed by atoms with E-state index in [-0.39, 0.29) is 0 Å². The second-order valence-electron chi connectivity index (χ2n) is 5.13. The molecular formula is C16H22N2S. The van der Waals surface area contributed by atoms with E-state index in [9.17, 15) is 0 Å². The molecule has 2 nitrogen and oxygen atoms in total. The summed E-state index contributed by atoms with van der Waals surface area (Å²) in [5.41, 5.74) is 4.97. The number of nitrogens with one attached hydrogen (secondary N) is 1. The Balaban J connectivity index is 2.20. The van der Waals surface area contributed by atoms with E-state index in [1.165, 1.54) is 16.7 Å². The van der Waals surface area contributed by atoms with Gasteiger partial charge in [-0.05, 0) is 45.9 Å². The molecule has 1 heterocycles. The van der Waals surface area contributed by atoms with Gasteiger partial charge in [0.05, 0.1) is 5.69 Å². The van der Waals surface area contributed by atoms with Crippen LogP contribution in [0.4, 0.5) is 0 Å². The van der Waals surface area contributed by atoms with Crippen LogP contribution in [0.25, 0.3) is 10.6 Å². The molecule has 1 atom stereocenters. The average molecular weight is 274 g/mol. The first-order valence-electron chi connectivity index (χ1n) is 6.87. The first-order chi connectivity index (χ1) is 9.10. The number of aryl methyl sites for hydroxylation is 2. The van der Waals surface area contributed by atoms with Gasteiger partial charge in [0.15, 0.2) is 0 Å². The van der Waals surface area contributed by atoms with Crippen molar-refractivity contribution in [2.45, 2.75) is 40.2 Å². The van der Waals surface area contributed by atoms with E-state index < -0.39 is 0 Å². The number of aromatic nitrogens is 1. The molecular weight excluding hydrogens is 252 g/mol. The molecule has 3 heteroatoms. The number of benzene rings is 1. The second kappa shape index (κ2) is 6.31. The molecule has 0 amide bonds. The van der Waals surface area contributed by atoms with Crippen LogP contribution in [-0.2, 0) is 0 Å². The van der Waals surface area contributed by atoms with Crippen LogP contribution in [0.15, 0.2) is 23.6 Å². The van der Waals surface area contributed by atoms with E-state index in [2.05, 4.69) is 56.6 Å². The molecule has 0 bridgehead atoms. The average Bonchev–Trinajstić information content (AvgIpc) is 2.84. The molecule has 0 fully saturated rings. The summed E-state index contributed by atoms with van der Waals surface area (Å²) in [5, 5.41) is 6.76. The lowest BCUT2D eigenvalue weighted by Gasteiger charge is -2.09. The fourth-order valence-corrected chi connectivity index (χ4v) is 3.08. The van der Waals surface area contributed by atoms with Gasteiger partial charge in [0.1, 0.15) is 5.01 Å². The van der Waals surface area contributed by atoms with Gasteiger partial charge in [-0.15, -0.1) is 11.3 Å². The van der Waals surface area contributed by atoms with E-state index >= 15 is 0 Å². The molecule has 1 aromatic carbocycles. The molecule has 1 unspecified atom stereocenters. The SMILES string of the molecule is CCCNC(C)c1csc(-c2cc(C)cc(C)c2)n1. The van der Waals surface area contributed by atoms with Crippen LogP contribution < -0.4 is 5.32 Å². The summed E-state index contributed by atoms with van der Waals surface area (Å²) in [7, 11) is 0. The first-order valence-corrected chi connectivity index (χ1v) is 7.75. The normalized spacial score (nSPS) is 12.6. The highest BCUT2D eigenvalue weighted by Gasteiger charge is 2.10. The van der Waals surface area contributed by atoms with E-state index in [4.69, 9.17) is 4.98 Å².